The van der Waals surface area contributed by atoms with Gasteiger partial charge in [-0.3, -0.25) is 4.79 Å². The standard InChI is InChI=1S/C23H19ClN2O4/c1-13-12-18(25-20-16-6-4-5-7-17(16)29-21(27)19(13)20)26-22(28)23(2,3)30-15-10-8-14(24)9-11-15/h4-12H,1-3H3,(H,25,26,28). The van der Waals surface area contributed by atoms with Crippen LogP contribution in [0.1, 0.15) is 19.4 Å². The smallest absolute Gasteiger partial charge is 0.346 e. The number of nitrogens with one attached hydrogen (secondary N) is 1. The third-order valence-electron chi connectivity index (χ3n) is 4.74. The van der Waals surface area contributed by atoms with Gasteiger partial charge in [-0.05, 0) is 68.8 Å². The van der Waals surface area contributed by atoms with Gasteiger partial charge in [-0.25, -0.2) is 9.78 Å². The molecule has 0 aliphatic heterocycles. The Kier molecular flexibility index (Phi) is 4.95. The number of para-hydroxylation sites is 1. The third kappa shape index (κ3) is 3.74. The van der Waals surface area contributed by atoms with Crippen LogP contribution < -0.4 is 15.7 Å². The number of pyridine rings is 1. The molecule has 0 radical (unpaired) electrons. The summed E-state index contributed by atoms with van der Waals surface area (Å²) < 4.78 is 11.2. The highest BCUT2D eigenvalue weighted by Gasteiger charge is 2.30. The van der Waals surface area contributed by atoms with Crippen molar-refractivity contribution in [1.29, 1.82) is 0 Å². The van der Waals surface area contributed by atoms with Crippen molar-refractivity contribution in [3.8, 4) is 5.75 Å². The fraction of sp³-hybridized carbons (Fsp3) is 0.174. The molecular formula is C23H19ClN2O4. The lowest BCUT2D eigenvalue weighted by Gasteiger charge is -2.25. The summed E-state index contributed by atoms with van der Waals surface area (Å²) in [5.41, 5.74) is -0.0505. The minimum absolute atomic E-state index is 0.327. The van der Waals surface area contributed by atoms with Crippen LogP contribution in [0.2, 0.25) is 5.02 Å². The number of anilines is 1. The number of rotatable bonds is 4. The molecule has 152 valence electrons. The number of carbonyl (C=O) groups excluding carboxylic acids is 1. The van der Waals surface area contributed by atoms with Gasteiger partial charge in [0.05, 0.1) is 10.9 Å². The van der Waals surface area contributed by atoms with E-state index in [2.05, 4.69) is 10.3 Å². The van der Waals surface area contributed by atoms with Gasteiger partial charge < -0.3 is 14.5 Å². The summed E-state index contributed by atoms with van der Waals surface area (Å²) in [6.07, 6.45) is 0. The molecule has 0 atom stereocenters. The Balaban J connectivity index is 1.69. The van der Waals surface area contributed by atoms with Crippen LogP contribution in [-0.2, 0) is 4.79 Å². The van der Waals surface area contributed by atoms with E-state index in [0.29, 0.717) is 44.0 Å². The van der Waals surface area contributed by atoms with Gasteiger partial charge in [-0.15, -0.1) is 0 Å². The van der Waals surface area contributed by atoms with Crippen LogP contribution in [0.4, 0.5) is 5.82 Å². The summed E-state index contributed by atoms with van der Waals surface area (Å²) in [4.78, 5) is 29.8. The maximum atomic E-state index is 12.9. The first-order valence-corrected chi connectivity index (χ1v) is 9.71. The third-order valence-corrected chi connectivity index (χ3v) is 4.99. The van der Waals surface area contributed by atoms with Gasteiger partial charge in [-0.1, -0.05) is 23.7 Å². The van der Waals surface area contributed by atoms with Crippen LogP contribution in [0.25, 0.3) is 21.9 Å². The fourth-order valence-electron chi connectivity index (χ4n) is 3.20. The number of benzene rings is 2. The quantitative estimate of drug-likeness (QED) is 0.365. The van der Waals surface area contributed by atoms with Crippen molar-refractivity contribution in [2.24, 2.45) is 0 Å². The molecule has 2 heterocycles. The number of halogens is 1. The van der Waals surface area contributed by atoms with E-state index < -0.39 is 11.2 Å². The normalized spacial score (nSPS) is 11.6. The molecule has 6 nitrogen and oxygen atoms in total. The summed E-state index contributed by atoms with van der Waals surface area (Å²) in [7, 11) is 0. The van der Waals surface area contributed by atoms with E-state index in [4.69, 9.17) is 20.8 Å². The molecule has 1 N–H and O–H groups in total. The number of fused-ring (bicyclic) bond motifs is 3. The Morgan fingerprint density at radius 1 is 1.13 bits per heavy atom. The first-order chi connectivity index (χ1) is 14.2. The highest BCUT2D eigenvalue weighted by atomic mass is 35.5. The Hall–Kier alpha value is -3.38. The second-order valence-electron chi connectivity index (χ2n) is 7.45. The molecule has 0 spiro atoms. The topological polar surface area (TPSA) is 81.4 Å². The maximum Gasteiger partial charge on any atom is 0.346 e. The predicted octanol–water partition coefficient (Wildman–Crippen LogP) is 5.10. The number of ether oxygens (including phenoxy) is 1. The number of hydrogen-bond acceptors (Lipinski definition) is 5. The second kappa shape index (κ2) is 7.46. The zero-order valence-electron chi connectivity index (χ0n) is 16.7. The van der Waals surface area contributed by atoms with Gasteiger partial charge in [0, 0.05) is 10.4 Å². The summed E-state index contributed by atoms with van der Waals surface area (Å²) in [6.45, 7) is 5.10. The number of aryl methyl sites for hydroxylation is 1. The SMILES string of the molecule is Cc1cc(NC(=O)C(C)(C)Oc2ccc(Cl)cc2)nc2c1c(=O)oc1ccccc12. The summed E-state index contributed by atoms with van der Waals surface area (Å²) >= 11 is 5.90. The Morgan fingerprint density at radius 2 is 1.83 bits per heavy atom. The highest BCUT2D eigenvalue weighted by Crippen LogP contribution is 2.26. The van der Waals surface area contributed by atoms with Gasteiger partial charge >= 0.3 is 5.63 Å². The number of amides is 1. The van der Waals surface area contributed by atoms with Crippen molar-refractivity contribution in [2.45, 2.75) is 26.4 Å². The molecule has 7 heteroatoms. The second-order valence-corrected chi connectivity index (χ2v) is 7.89. The lowest BCUT2D eigenvalue weighted by molar-refractivity contribution is -0.128. The molecule has 0 fully saturated rings. The molecule has 0 aliphatic rings. The van der Waals surface area contributed by atoms with E-state index in [0.717, 1.165) is 0 Å². The maximum absolute atomic E-state index is 12.9. The van der Waals surface area contributed by atoms with Crippen molar-refractivity contribution in [3.05, 3.63) is 75.6 Å². The molecule has 1 amide bonds. The Morgan fingerprint density at radius 3 is 2.57 bits per heavy atom. The molecule has 0 saturated heterocycles. The van der Waals surface area contributed by atoms with E-state index >= 15 is 0 Å². The predicted molar refractivity (Wildman–Crippen MR) is 117 cm³/mol. The summed E-state index contributed by atoms with van der Waals surface area (Å²) in [5, 5.41) is 4.47. The van der Waals surface area contributed by atoms with Gasteiger partial charge in [0.1, 0.15) is 17.2 Å². The number of aromatic nitrogens is 1. The van der Waals surface area contributed by atoms with Crippen LogP contribution in [0.5, 0.6) is 5.75 Å². The van der Waals surface area contributed by atoms with E-state index in [1.807, 2.05) is 12.1 Å². The van der Waals surface area contributed by atoms with Crippen molar-refractivity contribution < 1.29 is 13.9 Å². The summed E-state index contributed by atoms with van der Waals surface area (Å²) in [5.74, 6) is 0.468. The van der Waals surface area contributed by atoms with Crippen molar-refractivity contribution >= 4 is 45.2 Å². The highest BCUT2D eigenvalue weighted by molar-refractivity contribution is 6.30. The molecule has 0 saturated carbocycles. The van der Waals surface area contributed by atoms with Crippen LogP contribution >= 0.6 is 11.6 Å². The van der Waals surface area contributed by atoms with E-state index in [9.17, 15) is 9.59 Å². The van der Waals surface area contributed by atoms with Gasteiger partial charge in [-0.2, -0.15) is 0 Å². The van der Waals surface area contributed by atoms with Crippen LogP contribution in [0, 0.1) is 6.92 Å². The molecule has 0 bridgehead atoms. The van der Waals surface area contributed by atoms with Crippen LogP contribution in [0.15, 0.2) is 63.8 Å². The van der Waals surface area contributed by atoms with Gasteiger partial charge in [0.15, 0.2) is 5.60 Å². The molecule has 2 aromatic carbocycles. The molecule has 0 unspecified atom stereocenters. The van der Waals surface area contributed by atoms with Crippen molar-refractivity contribution in [1.82, 2.24) is 4.98 Å². The molecule has 4 rings (SSSR count). The lowest BCUT2D eigenvalue weighted by Crippen LogP contribution is -2.42. The van der Waals surface area contributed by atoms with E-state index in [-0.39, 0.29) is 5.91 Å². The zero-order chi connectivity index (χ0) is 21.5. The molecule has 30 heavy (non-hydrogen) atoms. The zero-order valence-corrected chi connectivity index (χ0v) is 17.4. The van der Waals surface area contributed by atoms with Gasteiger partial charge in [0.2, 0.25) is 0 Å². The van der Waals surface area contributed by atoms with Gasteiger partial charge in [0.25, 0.3) is 5.91 Å². The van der Waals surface area contributed by atoms with Crippen LogP contribution in [-0.4, -0.2) is 16.5 Å². The Labute approximate surface area is 177 Å². The minimum Gasteiger partial charge on any atom is -0.478 e. The number of carbonyl (C=O) groups is 1. The largest absolute Gasteiger partial charge is 0.478 e. The summed E-state index contributed by atoms with van der Waals surface area (Å²) in [6, 6.07) is 15.6. The molecule has 0 aliphatic carbocycles. The average Bonchev–Trinajstić information content (AvgIpc) is 2.69. The monoisotopic (exact) mass is 422 g/mol. The first kappa shape index (κ1) is 19.9. The van der Waals surface area contributed by atoms with Crippen molar-refractivity contribution in [2.75, 3.05) is 5.32 Å². The minimum atomic E-state index is -1.17. The van der Waals surface area contributed by atoms with E-state index in [1.165, 1.54) is 0 Å². The van der Waals surface area contributed by atoms with Crippen LogP contribution in [0.3, 0.4) is 0 Å². The molecule has 4 aromatic rings. The van der Waals surface area contributed by atoms with E-state index in [1.54, 1.807) is 63.2 Å². The number of hydrogen-bond donors (Lipinski definition) is 1. The average molecular weight is 423 g/mol. The Bertz CT molecular complexity index is 1330. The first-order valence-electron chi connectivity index (χ1n) is 9.34. The number of nitrogens with zero attached hydrogens (tertiary/aromatic N) is 1. The van der Waals surface area contributed by atoms with Crippen molar-refractivity contribution in [3.63, 3.8) is 0 Å². The fourth-order valence-corrected chi connectivity index (χ4v) is 3.33. The molecular weight excluding hydrogens is 404 g/mol. The lowest BCUT2D eigenvalue weighted by atomic mass is 10.1. The molecule has 2 aromatic heterocycles.